The Bertz CT molecular complexity index is 1080. The highest BCUT2D eigenvalue weighted by atomic mass is 79.9. The zero-order valence-electron chi connectivity index (χ0n) is 15.2. The molecule has 136 valence electrons. The van der Waals surface area contributed by atoms with Crippen LogP contribution in [0.1, 0.15) is 17.0 Å². The van der Waals surface area contributed by atoms with Gasteiger partial charge in [-0.05, 0) is 66.5 Å². The van der Waals surface area contributed by atoms with Crippen molar-refractivity contribution in [1.29, 1.82) is 0 Å². The van der Waals surface area contributed by atoms with E-state index in [0.717, 1.165) is 49.8 Å². The smallest absolute Gasteiger partial charge is 0.143 e. The highest BCUT2D eigenvalue weighted by Gasteiger charge is 2.14. The minimum atomic E-state index is 0.766. The summed E-state index contributed by atoms with van der Waals surface area (Å²) in [5.41, 5.74) is 6.67. The Balaban J connectivity index is 1.67. The molecule has 0 saturated heterocycles. The van der Waals surface area contributed by atoms with Gasteiger partial charge in [-0.3, -0.25) is 4.98 Å². The number of imidazole rings is 1. The summed E-state index contributed by atoms with van der Waals surface area (Å²) in [5, 5.41) is 7.51. The largest absolute Gasteiger partial charge is 0.361 e. The molecule has 3 heterocycles. The van der Waals surface area contributed by atoms with Crippen molar-refractivity contribution < 1.29 is 4.52 Å². The van der Waals surface area contributed by atoms with E-state index in [4.69, 9.17) is 4.52 Å². The monoisotopic (exact) mass is 423 g/mol. The SMILES string of the molecule is Cc1cnc(-c2c(C)noc2C)cc1Nc1ccc(-n2ccnc2)c(Br)c1. The van der Waals surface area contributed by atoms with Gasteiger partial charge in [-0.2, -0.15) is 0 Å². The molecule has 0 aliphatic rings. The molecule has 1 aromatic carbocycles. The zero-order valence-corrected chi connectivity index (χ0v) is 16.8. The predicted molar refractivity (Wildman–Crippen MR) is 108 cm³/mol. The number of aryl methyl sites for hydroxylation is 3. The Morgan fingerprint density at radius 1 is 1.15 bits per heavy atom. The Labute approximate surface area is 165 Å². The summed E-state index contributed by atoms with van der Waals surface area (Å²) in [4.78, 5) is 8.65. The summed E-state index contributed by atoms with van der Waals surface area (Å²) >= 11 is 3.64. The third-order valence-corrected chi connectivity index (χ3v) is 5.04. The van der Waals surface area contributed by atoms with Crippen molar-refractivity contribution in [2.24, 2.45) is 0 Å². The van der Waals surface area contributed by atoms with E-state index in [1.807, 2.05) is 62.0 Å². The minimum absolute atomic E-state index is 0.766. The molecule has 4 aromatic rings. The summed E-state index contributed by atoms with van der Waals surface area (Å²) in [7, 11) is 0. The van der Waals surface area contributed by atoms with Crippen molar-refractivity contribution in [3.63, 3.8) is 0 Å². The van der Waals surface area contributed by atoms with Gasteiger partial charge in [0.1, 0.15) is 5.76 Å². The Kier molecular flexibility index (Phi) is 4.53. The van der Waals surface area contributed by atoms with E-state index in [1.165, 1.54) is 0 Å². The molecule has 0 fully saturated rings. The first-order valence-corrected chi connectivity index (χ1v) is 9.27. The second-order valence-electron chi connectivity index (χ2n) is 6.34. The topological polar surface area (TPSA) is 68.8 Å². The fourth-order valence-corrected chi connectivity index (χ4v) is 3.58. The molecule has 3 aromatic heterocycles. The number of nitrogens with one attached hydrogen (secondary N) is 1. The standard InChI is InChI=1S/C20H18BrN5O/c1-12-10-23-18(20-13(2)25-27-14(20)3)9-17(12)24-15-4-5-19(16(21)8-15)26-7-6-22-11-26/h4-11H,1-3H3,(H,23,24). The van der Waals surface area contributed by atoms with Crippen LogP contribution in [0, 0.1) is 20.8 Å². The zero-order chi connectivity index (χ0) is 19.0. The van der Waals surface area contributed by atoms with Crippen LogP contribution < -0.4 is 5.32 Å². The highest BCUT2D eigenvalue weighted by molar-refractivity contribution is 9.10. The lowest BCUT2D eigenvalue weighted by Gasteiger charge is -2.13. The molecule has 7 heteroatoms. The van der Waals surface area contributed by atoms with Gasteiger partial charge in [-0.1, -0.05) is 5.16 Å². The van der Waals surface area contributed by atoms with Crippen LogP contribution >= 0.6 is 15.9 Å². The van der Waals surface area contributed by atoms with Crippen LogP contribution in [0.25, 0.3) is 16.9 Å². The predicted octanol–water partition coefficient (Wildman–Crippen LogP) is 5.35. The number of anilines is 2. The van der Waals surface area contributed by atoms with Gasteiger partial charge in [-0.15, -0.1) is 0 Å². The lowest BCUT2D eigenvalue weighted by Crippen LogP contribution is -1.98. The first-order chi connectivity index (χ1) is 13.0. The van der Waals surface area contributed by atoms with Gasteiger partial charge >= 0.3 is 0 Å². The lowest BCUT2D eigenvalue weighted by molar-refractivity contribution is 0.393. The molecule has 27 heavy (non-hydrogen) atoms. The van der Waals surface area contributed by atoms with Crippen LogP contribution in [0.2, 0.25) is 0 Å². The fourth-order valence-electron chi connectivity index (χ4n) is 2.99. The van der Waals surface area contributed by atoms with Crippen LogP contribution in [0.15, 0.2) is 58.2 Å². The van der Waals surface area contributed by atoms with Crippen molar-refractivity contribution in [1.82, 2.24) is 19.7 Å². The average molecular weight is 424 g/mol. The number of halogens is 1. The summed E-state index contributed by atoms with van der Waals surface area (Å²) in [6.07, 6.45) is 7.31. The lowest BCUT2D eigenvalue weighted by atomic mass is 10.1. The van der Waals surface area contributed by atoms with Crippen LogP contribution in [0.5, 0.6) is 0 Å². The van der Waals surface area contributed by atoms with E-state index in [9.17, 15) is 0 Å². The maximum Gasteiger partial charge on any atom is 0.143 e. The fraction of sp³-hybridized carbons (Fsp3) is 0.150. The van der Waals surface area contributed by atoms with Crippen LogP contribution in [-0.2, 0) is 0 Å². The maximum atomic E-state index is 5.28. The van der Waals surface area contributed by atoms with E-state index in [1.54, 1.807) is 12.5 Å². The van der Waals surface area contributed by atoms with Crippen molar-refractivity contribution in [3.05, 3.63) is 70.7 Å². The molecule has 0 aliphatic carbocycles. The number of hydrogen-bond donors (Lipinski definition) is 1. The number of pyridine rings is 1. The van der Waals surface area contributed by atoms with Crippen LogP contribution in [0.4, 0.5) is 11.4 Å². The first-order valence-electron chi connectivity index (χ1n) is 8.47. The molecule has 0 radical (unpaired) electrons. The van der Waals surface area contributed by atoms with E-state index in [-0.39, 0.29) is 0 Å². The van der Waals surface area contributed by atoms with Gasteiger partial charge in [0.25, 0.3) is 0 Å². The number of hydrogen-bond acceptors (Lipinski definition) is 5. The van der Waals surface area contributed by atoms with Crippen LogP contribution in [0.3, 0.4) is 0 Å². The van der Waals surface area contributed by atoms with Gasteiger partial charge in [0.2, 0.25) is 0 Å². The molecule has 0 saturated carbocycles. The Morgan fingerprint density at radius 2 is 2.00 bits per heavy atom. The second kappa shape index (κ2) is 7.00. The summed E-state index contributed by atoms with van der Waals surface area (Å²) in [5.74, 6) is 0.766. The number of benzene rings is 1. The molecule has 0 spiro atoms. The molecule has 0 aliphatic heterocycles. The van der Waals surface area contributed by atoms with Crippen molar-refractivity contribution in [2.75, 3.05) is 5.32 Å². The second-order valence-corrected chi connectivity index (χ2v) is 7.20. The molecule has 6 nitrogen and oxygen atoms in total. The molecule has 1 N–H and O–H groups in total. The average Bonchev–Trinajstić information content (AvgIpc) is 3.28. The van der Waals surface area contributed by atoms with Gasteiger partial charge < -0.3 is 14.4 Å². The Hall–Kier alpha value is -2.93. The molecule has 0 unspecified atom stereocenters. The van der Waals surface area contributed by atoms with Gasteiger partial charge in [-0.25, -0.2) is 4.98 Å². The van der Waals surface area contributed by atoms with E-state index in [2.05, 4.69) is 36.4 Å². The third kappa shape index (κ3) is 3.38. The number of nitrogens with zero attached hydrogens (tertiary/aromatic N) is 4. The molecule has 0 atom stereocenters. The van der Waals surface area contributed by atoms with Gasteiger partial charge in [0, 0.05) is 34.4 Å². The summed E-state index contributed by atoms with van der Waals surface area (Å²) < 4.78 is 8.21. The molecule has 0 amide bonds. The van der Waals surface area contributed by atoms with Crippen LogP contribution in [-0.4, -0.2) is 19.7 Å². The molecular formula is C20H18BrN5O. The maximum absolute atomic E-state index is 5.28. The van der Waals surface area contributed by atoms with E-state index < -0.39 is 0 Å². The summed E-state index contributed by atoms with van der Waals surface area (Å²) in [6.45, 7) is 5.85. The minimum Gasteiger partial charge on any atom is -0.361 e. The molecule has 0 bridgehead atoms. The number of rotatable bonds is 4. The van der Waals surface area contributed by atoms with Crippen molar-refractivity contribution in [2.45, 2.75) is 20.8 Å². The summed E-state index contributed by atoms with van der Waals surface area (Å²) in [6, 6.07) is 8.15. The van der Waals surface area contributed by atoms with Gasteiger partial charge in [0.05, 0.1) is 29.0 Å². The highest BCUT2D eigenvalue weighted by Crippen LogP contribution is 2.31. The van der Waals surface area contributed by atoms with Crippen molar-refractivity contribution >= 4 is 27.3 Å². The van der Waals surface area contributed by atoms with Crippen molar-refractivity contribution in [3.8, 4) is 16.9 Å². The van der Waals surface area contributed by atoms with E-state index in [0.29, 0.717) is 0 Å². The Morgan fingerprint density at radius 3 is 2.67 bits per heavy atom. The quantitative estimate of drug-likeness (QED) is 0.478. The third-order valence-electron chi connectivity index (χ3n) is 4.40. The number of aromatic nitrogens is 4. The van der Waals surface area contributed by atoms with E-state index >= 15 is 0 Å². The molecular weight excluding hydrogens is 406 g/mol. The normalized spacial score (nSPS) is 11.0. The van der Waals surface area contributed by atoms with Gasteiger partial charge in [0.15, 0.2) is 0 Å². The molecule has 4 rings (SSSR count). The first kappa shape index (κ1) is 17.5.